The van der Waals surface area contributed by atoms with Gasteiger partial charge < -0.3 is 38.7 Å². The molecule has 4 amide bonds. The van der Waals surface area contributed by atoms with Gasteiger partial charge in [-0.05, 0) is 25.8 Å². The topological polar surface area (TPSA) is 234 Å². The van der Waals surface area contributed by atoms with Gasteiger partial charge in [-0.1, -0.05) is 39.0 Å². The highest BCUT2D eigenvalue weighted by atomic mass is 16.3. The minimum Gasteiger partial charge on any atom is -0.394 e. The first-order valence-corrected chi connectivity index (χ1v) is 11.8. The van der Waals surface area contributed by atoms with Crippen LogP contribution in [0.15, 0.2) is 0 Å². The molecule has 0 saturated heterocycles. The SMILES string of the molecule is CCCCCC[C@H](NC(=O)[C@@H](N)CO)C(=O)C[C@@H](CCCCN)C(=O)N[C@@H](CC(N)=O)C(N)=O. The summed E-state index contributed by atoms with van der Waals surface area (Å²) < 4.78 is 0. The van der Waals surface area contributed by atoms with E-state index in [0.717, 1.165) is 19.3 Å². The fourth-order valence-electron chi connectivity index (χ4n) is 3.41. The van der Waals surface area contributed by atoms with Gasteiger partial charge in [-0.2, -0.15) is 0 Å². The van der Waals surface area contributed by atoms with Crippen LogP contribution in [0.5, 0.6) is 0 Å². The molecule has 0 rings (SSSR count). The number of Topliss-reactive ketones (excluding diaryl/α,β-unsaturated/α-hetero) is 1. The lowest BCUT2D eigenvalue weighted by Gasteiger charge is -2.24. The van der Waals surface area contributed by atoms with Gasteiger partial charge in [0, 0.05) is 12.3 Å². The van der Waals surface area contributed by atoms with Gasteiger partial charge in [-0.3, -0.25) is 24.0 Å². The molecule has 0 aliphatic carbocycles. The van der Waals surface area contributed by atoms with Gasteiger partial charge in [0.1, 0.15) is 12.1 Å². The van der Waals surface area contributed by atoms with Crippen molar-refractivity contribution in [1.82, 2.24) is 10.6 Å². The largest absolute Gasteiger partial charge is 0.394 e. The number of hydrogen-bond acceptors (Lipinski definition) is 8. The maximum Gasteiger partial charge on any atom is 0.240 e. The van der Waals surface area contributed by atoms with Gasteiger partial charge in [0.05, 0.1) is 19.1 Å². The van der Waals surface area contributed by atoms with Crippen molar-refractivity contribution in [3.05, 3.63) is 0 Å². The number of nitrogens with two attached hydrogens (primary N) is 4. The van der Waals surface area contributed by atoms with E-state index in [1.807, 2.05) is 6.92 Å². The molecule has 0 unspecified atom stereocenters. The van der Waals surface area contributed by atoms with Crippen LogP contribution in [-0.2, 0) is 24.0 Å². The molecule has 34 heavy (non-hydrogen) atoms. The molecule has 0 heterocycles. The number of aliphatic hydroxyl groups excluding tert-OH is 1. The summed E-state index contributed by atoms with van der Waals surface area (Å²) in [6, 6.07) is -3.33. The van der Waals surface area contributed by atoms with Gasteiger partial charge in [0.2, 0.25) is 23.6 Å². The second kappa shape index (κ2) is 17.8. The quantitative estimate of drug-likeness (QED) is 0.0978. The second-order valence-electron chi connectivity index (χ2n) is 8.49. The zero-order valence-electron chi connectivity index (χ0n) is 20.1. The van der Waals surface area contributed by atoms with Crippen LogP contribution in [0, 0.1) is 5.92 Å². The van der Waals surface area contributed by atoms with E-state index in [-0.39, 0.29) is 12.2 Å². The minimum absolute atomic E-state index is 0.203. The van der Waals surface area contributed by atoms with Gasteiger partial charge in [-0.15, -0.1) is 0 Å². The number of carbonyl (C=O) groups excluding carboxylic acids is 5. The van der Waals surface area contributed by atoms with Gasteiger partial charge in [0.15, 0.2) is 5.78 Å². The number of nitrogens with one attached hydrogen (secondary N) is 2. The molecule has 0 saturated carbocycles. The first kappa shape index (κ1) is 31.4. The highest BCUT2D eigenvalue weighted by molar-refractivity contribution is 5.95. The van der Waals surface area contributed by atoms with Gasteiger partial charge in [-0.25, -0.2) is 0 Å². The third-order valence-electron chi connectivity index (χ3n) is 5.48. The summed E-state index contributed by atoms with van der Waals surface area (Å²) in [5, 5.41) is 14.1. The van der Waals surface area contributed by atoms with E-state index in [0.29, 0.717) is 38.6 Å². The van der Waals surface area contributed by atoms with Crippen LogP contribution in [0.4, 0.5) is 0 Å². The molecule has 0 aromatic carbocycles. The Hall–Kier alpha value is -2.57. The third kappa shape index (κ3) is 13.2. The van der Waals surface area contributed by atoms with Crippen molar-refractivity contribution in [1.29, 1.82) is 0 Å². The summed E-state index contributed by atoms with van der Waals surface area (Å²) in [6.45, 7) is 1.89. The van der Waals surface area contributed by atoms with E-state index in [2.05, 4.69) is 10.6 Å². The molecule has 0 spiro atoms. The van der Waals surface area contributed by atoms with Crippen LogP contribution in [0.25, 0.3) is 0 Å². The van der Waals surface area contributed by atoms with Crippen molar-refractivity contribution in [2.75, 3.05) is 13.2 Å². The van der Waals surface area contributed by atoms with E-state index < -0.39 is 60.7 Å². The predicted molar refractivity (Wildman–Crippen MR) is 127 cm³/mol. The molecule has 12 heteroatoms. The Morgan fingerprint density at radius 1 is 0.824 bits per heavy atom. The summed E-state index contributed by atoms with van der Waals surface area (Å²) in [4.78, 5) is 61.0. The molecule has 0 aromatic rings. The van der Waals surface area contributed by atoms with E-state index >= 15 is 0 Å². The number of unbranched alkanes of at least 4 members (excludes halogenated alkanes) is 4. The lowest BCUT2D eigenvalue weighted by atomic mass is 9.90. The molecule has 11 N–H and O–H groups in total. The second-order valence-corrected chi connectivity index (χ2v) is 8.49. The van der Waals surface area contributed by atoms with E-state index in [1.165, 1.54) is 0 Å². The molecular weight excluding hydrogens is 444 g/mol. The Morgan fingerprint density at radius 3 is 1.97 bits per heavy atom. The molecule has 4 atom stereocenters. The Bertz CT molecular complexity index is 674. The predicted octanol–water partition coefficient (Wildman–Crippen LogP) is -1.69. The lowest BCUT2D eigenvalue weighted by Crippen LogP contribution is -2.51. The number of hydrogen-bond donors (Lipinski definition) is 7. The Labute approximate surface area is 200 Å². The number of primary amides is 2. The van der Waals surface area contributed by atoms with Crippen molar-refractivity contribution in [2.24, 2.45) is 28.9 Å². The first-order chi connectivity index (χ1) is 16.1. The number of rotatable bonds is 20. The summed E-state index contributed by atoms with van der Waals surface area (Å²) in [5.41, 5.74) is 21.5. The molecular formula is C22H42N6O6. The normalized spacial score (nSPS) is 14.5. The Balaban J connectivity index is 5.48. The van der Waals surface area contributed by atoms with E-state index in [9.17, 15) is 24.0 Å². The van der Waals surface area contributed by atoms with E-state index in [1.54, 1.807) is 0 Å². The zero-order valence-corrected chi connectivity index (χ0v) is 20.1. The maximum atomic E-state index is 13.1. The third-order valence-corrected chi connectivity index (χ3v) is 5.48. The van der Waals surface area contributed by atoms with Crippen molar-refractivity contribution in [3.63, 3.8) is 0 Å². The van der Waals surface area contributed by atoms with Crippen molar-refractivity contribution >= 4 is 29.4 Å². The monoisotopic (exact) mass is 486 g/mol. The first-order valence-electron chi connectivity index (χ1n) is 11.8. The van der Waals surface area contributed by atoms with Crippen LogP contribution < -0.4 is 33.6 Å². The molecule has 0 fully saturated rings. The summed E-state index contributed by atoms with van der Waals surface area (Å²) in [7, 11) is 0. The van der Waals surface area contributed by atoms with Crippen LogP contribution in [0.3, 0.4) is 0 Å². The summed E-state index contributed by atoms with van der Waals surface area (Å²) in [6.07, 6.45) is 4.73. The fraction of sp³-hybridized carbons (Fsp3) is 0.773. The average molecular weight is 487 g/mol. The number of aliphatic hydroxyl groups is 1. The number of ketones is 1. The van der Waals surface area contributed by atoms with Crippen LogP contribution in [0.2, 0.25) is 0 Å². The van der Waals surface area contributed by atoms with Crippen LogP contribution in [0.1, 0.15) is 71.1 Å². The van der Waals surface area contributed by atoms with Gasteiger partial charge >= 0.3 is 0 Å². The minimum atomic E-state index is -1.29. The van der Waals surface area contributed by atoms with Crippen LogP contribution in [-0.4, -0.2) is 65.8 Å². The molecule has 12 nitrogen and oxygen atoms in total. The van der Waals surface area contributed by atoms with Crippen molar-refractivity contribution in [2.45, 2.75) is 89.3 Å². The Kier molecular flexibility index (Phi) is 16.5. The van der Waals surface area contributed by atoms with Crippen molar-refractivity contribution < 1.29 is 29.1 Å². The molecule has 0 aromatic heterocycles. The molecule has 0 radical (unpaired) electrons. The molecule has 0 aliphatic rings. The standard InChI is InChI=1S/C22H42N6O6/c1-2-3-4-5-9-16(27-22(34)15(24)13-29)18(30)11-14(8-6-7-10-23)21(33)28-17(20(26)32)12-19(25)31/h14-17,29H,2-13,23-24H2,1H3,(H2,25,31)(H2,26,32)(H,27,34)(H,28,33)/t14-,15+,16+,17+/m1/s1. The highest BCUT2D eigenvalue weighted by Gasteiger charge is 2.30. The average Bonchev–Trinajstić information content (AvgIpc) is 2.78. The zero-order chi connectivity index (χ0) is 26.1. The highest BCUT2D eigenvalue weighted by Crippen LogP contribution is 2.18. The summed E-state index contributed by atoms with van der Waals surface area (Å²) in [5.74, 6) is -4.19. The molecule has 0 bridgehead atoms. The van der Waals surface area contributed by atoms with Gasteiger partial charge in [0.25, 0.3) is 0 Å². The van der Waals surface area contributed by atoms with E-state index in [4.69, 9.17) is 28.0 Å². The molecule has 196 valence electrons. The lowest BCUT2D eigenvalue weighted by molar-refractivity contribution is -0.134. The molecule has 0 aliphatic heterocycles. The summed E-state index contributed by atoms with van der Waals surface area (Å²) >= 11 is 0. The fourth-order valence-corrected chi connectivity index (χ4v) is 3.41. The van der Waals surface area contributed by atoms with Crippen LogP contribution >= 0.6 is 0 Å². The van der Waals surface area contributed by atoms with Crippen molar-refractivity contribution in [3.8, 4) is 0 Å². The number of carbonyl (C=O) groups is 5. The maximum absolute atomic E-state index is 13.1. The number of amides is 4. The smallest absolute Gasteiger partial charge is 0.240 e. The Morgan fingerprint density at radius 2 is 1.44 bits per heavy atom.